The van der Waals surface area contributed by atoms with Crippen LogP contribution in [0.2, 0.25) is 0 Å². The third kappa shape index (κ3) is 4.26. The van der Waals surface area contributed by atoms with Crippen LogP contribution in [0.1, 0.15) is 40.5 Å². The van der Waals surface area contributed by atoms with E-state index in [-0.39, 0.29) is 17.9 Å². The number of rotatable bonds is 5. The molecule has 1 aliphatic carbocycles. The highest BCUT2D eigenvalue weighted by atomic mass is 16.5. The highest BCUT2D eigenvalue weighted by molar-refractivity contribution is 5.95. The van der Waals surface area contributed by atoms with E-state index in [4.69, 9.17) is 9.72 Å². The molecule has 1 atom stereocenters. The lowest BCUT2D eigenvalue weighted by Crippen LogP contribution is -2.40. The number of carbonyl (C=O) groups excluding carboxylic acids is 1. The molecule has 1 fully saturated rings. The first-order valence-corrected chi connectivity index (χ1v) is 11.7. The van der Waals surface area contributed by atoms with Crippen molar-refractivity contribution in [2.75, 3.05) is 38.2 Å². The fourth-order valence-electron chi connectivity index (χ4n) is 4.63. The van der Waals surface area contributed by atoms with E-state index in [1.807, 2.05) is 42.3 Å². The molecule has 0 spiro atoms. The maximum absolute atomic E-state index is 12.8. The van der Waals surface area contributed by atoms with Gasteiger partial charge < -0.3 is 20.1 Å². The van der Waals surface area contributed by atoms with Crippen molar-refractivity contribution in [2.24, 2.45) is 0 Å². The van der Waals surface area contributed by atoms with E-state index in [2.05, 4.69) is 28.3 Å². The molecule has 1 aromatic carbocycles. The maximum Gasteiger partial charge on any atom is 0.254 e. The summed E-state index contributed by atoms with van der Waals surface area (Å²) in [6.45, 7) is 6.54. The summed E-state index contributed by atoms with van der Waals surface area (Å²) in [7, 11) is 0. The summed E-state index contributed by atoms with van der Waals surface area (Å²) in [5.41, 5.74) is 5.99. The number of benzene rings is 1. The second kappa shape index (κ2) is 9.12. The summed E-state index contributed by atoms with van der Waals surface area (Å²) in [6.07, 6.45) is 5.34. The van der Waals surface area contributed by atoms with Gasteiger partial charge in [-0.25, -0.2) is 9.97 Å². The number of aliphatic hydroxyl groups excluding tert-OH is 1. The predicted molar refractivity (Wildman–Crippen MR) is 129 cm³/mol. The Morgan fingerprint density at radius 1 is 1.21 bits per heavy atom. The van der Waals surface area contributed by atoms with E-state index in [0.29, 0.717) is 37.8 Å². The number of nitrogens with zero attached hydrogens (tertiary/aromatic N) is 4. The molecular weight excluding hydrogens is 430 g/mol. The van der Waals surface area contributed by atoms with Crippen LogP contribution in [0.4, 0.5) is 11.6 Å². The second-order valence-electron chi connectivity index (χ2n) is 9.26. The molecule has 2 N–H and O–H groups in total. The summed E-state index contributed by atoms with van der Waals surface area (Å²) < 4.78 is 5.34. The van der Waals surface area contributed by atoms with Gasteiger partial charge in [0, 0.05) is 53.4 Å². The molecule has 1 amide bonds. The summed E-state index contributed by atoms with van der Waals surface area (Å²) in [6, 6.07) is 9.57. The molecule has 1 saturated heterocycles. The van der Waals surface area contributed by atoms with E-state index in [9.17, 15) is 9.90 Å². The minimum atomic E-state index is -0.260. The number of hydrogen-bond donors (Lipinski definition) is 2. The number of morpholine rings is 1. The molecule has 3 heterocycles. The van der Waals surface area contributed by atoms with Gasteiger partial charge >= 0.3 is 0 Å². The van der Waals surface area contributed by atoms with Crippen LogP contribution in [0, 0.1) is 6.92 Å². The molecule has 0 radical (unpaired) electrons. The van der Waals surface area contributed by atoms with Crippen molar-refractivity contribution in [1.29, 1.82) is 0 Å². The number of carbonyl (C=O) groups is 1. The number of hydrogen-bond acceptors (Lipinski definition) is 7. The Hall–Kier alpha value is -3.36. The van der Waals surface area contributed by atoms with Crippen molar-refractivity contribution in [1.82, 2.24) is 19.9 Å². The van der Waals surface area contributed by atoms with Crippen molar-refractivity contribution in [3.63, 3.8) is 0 Å². The third-order valence-electron chi connectivity index (χ3n) is 6.85. The number of aliphatic hydroxyl groups is 1. The second-order valence-corrected chi connectivity index (χ2v) is 9.26. The Labute approximate surface area is 199 Å². The average Bonchev–Trinajstić information content (AvgIpc) is 3.22. The molecular formula is C26H29N5O3. The van der Waals surface area contributed by atoms with Crippen LogP contribution in [-0.2, 0) is 16.6 Å². The van der Waals surface area contributed by atoms with Crippen LogP contribution in [0.3, 0.4) is 0 Å². The number of ether oxygens (including phenoxy) is 1. The summed E-state index contributed by atoms with van der Waals surface area (Å²) in [5, 5.41) is 13.2. The summed E-state index contributed by atoms with van der Waals surface area (Å²) >= 11 is 0. The Morgan fingerprint density at radius 2 is 2.03 bits per heavy atom. The first-order valence-electron chi connectivity index (χ1n) is 11.7. The number of amides is 1. The van der Waals surface area contributed by atoms with Crippen LogP contribution in [0.25, 0.3) is 11.3 Å². The smallest absolute Gasteiger partial charge is 0.254 e. The maximum atomic E-state index is 12.8. The molecule has 0 saturated carbocycles. The monoisotopic (exact) mass is 459 g/mol. The summed E-state index contributed by atoms with van der Waals surface area (Å²) in [5.74, 6) is 0.494. The predicted octanol–water partition coefficient (Wildman–Crippen LogP) is 3.26. The molecule has 2 aromatic heterocycles. The standard InChI is InChI=1S/C26H29N5O3/c1-17-13-18(24(33)31-9-11-34-12-10-31)3-4-21(17)29-25-27-8-6-22(30-25)19-14-20-23(28-15-19)5-7-26(20,2)16-32/h3-4,6,8,13-15,32H,5,7,9-12,16H2,1-2H3,(H,27,29,30). The van der Waals surface area contributed by atoms with Gasteiger partial charge in [-0.15, -0.1) is 0 Å². The number of nitrogens with one attached hydrogen (secondary N) is 1. The van der Waals surface area contributed by atoms with Crippen LogP contribution in [0.15, 0.2) is 42.7 Å². The van der Waals surface area contributed by atoms with Crippen LogP contribution < -0.4 is 5.32 Å². The fraction of sp³-hybridized carbons (Fsp3) is 0.385. The van der Waals surface area contributed by atoms with Crippen molar-refractivity contribution in [3.05, 3.63) is 65.1 Å². The Morgan fingerprint density at radius 3 is 2.79 bits per heavy atom. The van der Waals surface area contributed by atoms with E-state index < -0.39 is 0 Å². The lowest BCUT2D eigenvalue weighted by Gasteiger charge is -2.27. The molecule has 1 aliphatic heterocycles. The van der Waals surface area contributed by atoms with E-state index >= 15 is 0 Å². The van der Waals surface area contributed by atoms with Crippen molar-refractivity contribution < 1.29 is 14.6 Å². The molecule has 1 unspecified atom stereocenters. The number of aryl methyl sites for hydroxylation is 2. The third-order valence-corrected chi connectivity index (χ3v) is 6.85. The number of pyridine rings is 1. The Balaban J connectivity index is 1.36. The number of anilines is 2. The Bertz CT molecular complexity index is 1220. The molecule has 2 aliphatic rings. The van der Waals surface area contributed by atoms with Gasteiger partial charge in [-0.2, -0.15) is 0 Å². The first-order chi connectivity index (χ1) is 16.5. The van der Waals surface area contributed by atoms with Gasteiger partial charge in [-0.1, -0.05) is 6.92 Å². The van der Waals surface area contributed by atoms with Gasteiger partial charge in [-0.05, 0) is 61.2 Å². The highest BCUT2D eigenvalue weighted by Gasteiger charge is 2.35. The van der Waals surface area contributed by atoms with Gasteiger partial charge in [0.05, 0.1) is 25.5 Å². The van der Waals surface area contributed by atoms with E-state index in [0.717, 1.165) is 46.6 Å². The molecule has 8 nitrogen and oxygen atoms in total. The van der Waals surface area contributed by atoms with Crippen molar-refractivity contribution in [2.45, 2.75) is 32.1 Å². The fourth-order valence-corrected chi connectivity index (χ4v) is 4.63. The number of aromatic nitrogens is 3. The van der Waals surface area contributed by atoms with Gasteiger partial charge in [0.1, 0.15) is 0 Å². The highest BCUT2D eigenvalue weighted by Crippen LogP contribution is 2.39. The van der Waals surface area contributed by atoms with Crippen LogP contribution in [-0.4, -0.2) is 63.8 Å². The largest absolute Gasteiger partial charge is 0.395 e. The Kier molecular flexibility index (Phi) is 6.02. The minimum absolute atomic E-state index is 0.0233. The van der Waals surface area contributed by atoms with E-state index in [1.54, 1.807) is 6.20 Å². The molecule has 8 heteroatoms. The average molecular weight is 460 g/mol. The molecule has 5 rings (SSSR count). The van der Waals surface area contributed by atoms with Gasteiger partial charge in [0.15, 0.2) is 0 Å². The van der Waals surface area contributed by atoms with Crippen molar-refractivity contribution in [3.8, 4) is 11.3 Å². The van der Waals surface area contributed by atoms with Gasteiger partial charge in [-0.3, -0.25) is 9.78 Å². The topological polar surface area (TPSA) is 100 Å². The number of fused-ring (bicyclic) bond motifs is 1. The zero-order valence-corrected chi connectivity index (χ0v) is 19.5. The molecule has 3 aromatic rings. The summed E-state index contributed by atoms with van der Waals surface area (Å²) in [4.78, 5) is 28.3. The van der Waals surface area contributed by atoms with Crippen LogP contribution in [0.5, 0.6) is 0 Å². The quantitative estimate of drug-likeness (QED) is 0.604. The zero-order chi connectivity index (χ0) is 23.7. The van der Waals surface area contributed by atoms with Crippen LogP contribution >= 0.6 is 0 Å². The normalized spacial score (nSPS) is 19.7. The van der Waals surface area contributed by atoms with E-state index in [1.165, 1.54) is 0 Å². The van der Waals surface area contributed by atoms with Crippen molar-refractivity contribution >= 4 is 17.5 Å². The lowest BCUT2D eigenvalue weighted by molar-refractivity contribution is 0.0303. The molecule has 34 heavy (non-hydrogen) atoms. The van der Waals surface area contributed by atoms with Gasteiger partial charge in [0.2, 0.25) is 5.95 Å². The minimum Gasteiger partial charge on any atom is -0.395 e. The zero-order valence-electron chi connectivity index (χ0n) is 19.5. The lowest BCUT2D eigenvalue weighted by atomic mass is 9.85. The SMILES string of the molecule is Cc1cc(C(=O)N2CCOCC2)ccc1Nc1nccc(-c2cnc3c(c2)C(C)(CO)CC3)n1. The van der Waals surface area contributed by atoms with Gasteiger partial charge in [0.25, 0.3) is 5.91 Å². The molecule has 176 valence electrons. The first kappa shape index (κ1) is 22.4. The molecule has 0 bridgehead atoms.